The lowest BCUT2D eigenvalue weighted by Gasteiger charge is -2.06. The van der Waals surface area contributed by atoms with E-state index in [0.717, 1.165) is 24.3 Å². The lowest BCUT2D eigenvalue weighted by Crippen LogP contribution is -2.13. The van der Waals surface area contributed by atoms with Crippen molar-refractivity contribution in [1.29, 1.82) is 0 Å². The van der Waals surface area contributed by atoms with Gasteiger partial charge in [-0.15, -0.1) is 0 Å². The molecule has 0 amide bonds. The molecule has 0 heterocycles. The number of ether oxygens (including phenoxy) is 1. The fraction of sp³-hybridized carbons (Fsp3) is 0.188. The Balaban J connectivity index is 1.85. The zero-order chi connectivity index (χ0) is 18.4. The summed E-state index contributed by atoms with van der Waals surface area (Å²) in [6.45, 7) is -0.118. The Morgan fingerprint density at radius 1 is 1.08 bits per heavy atom. The highest BCUT2D eigenvalue weighted by Gasteiger charge is 2.17. The number of nitrogens with zero attached hydrogens (tertiary/aromatic N) is 1. The maximum atomic E-state index is 12.8. The molecule has 2 aromatic carbocycles. The van der Waals surface area contributed by atoms with Crippen LogP contribution in [0.3, 0.4) is 0 Å². The van der Waals surface area contributed by atoms with Gasteiger partial charge in [-0.1, -0.05) is 0 Å². The molecule has 0 aliphatic rings. The quantitative estimate of drug-likeness (QED) is 0.322. The zero-order valence-electron chi connectivity index (χ0n) is 12.9. The Labute approximate surface area is 143 Å². The Kier molecular flexibility index (Phi) is 5.81. The maximum absolute atomic E-state index is 12.8. The molecule has 7 nitrogen and oxygen atoms in total. The number of esters is 1. The Morgan fingerprint density at radius 2 is 1.68 bits per heavy atom. The molecule has 0 saturated carbocycles. The molecular formula is C16H14FNO6S. The van der Waals surface area contributed by atoms with Crippen LogP contribution in [0.2, 0.25) is 0 Å². The van der Waals surface area contributed by atoms with E-state index in [4.69, 9.17) is 4.74 Å². The molecule has 0 saturated heterocycles. The van der Waals surface area contributed by atoms with Gasteiger partial charge in [-0.25, -0.2) is 12.8 Å². The van der Waals surface area contributed by atoms with Crippen molar-refractivity contribution < 1.29 is 27.3 Å². The molecule has 132 valence electrons. The molecule has 0 aromatic heterocycles. The van der Waals surface area contributed by atoms with Gasteiger partial charge in [0.15, 0.2) is 9.84 Å². The monoisotopic (exact) mass is 367 g/mol. The third-order valence-corrected chi connectivity index (χ3v) is 5.03. The second-order valence-electron chi connectivity index (χ2n) is 5.11. The normalized spacial score (nSPS) is 11.1. The highest BCUT2D eigenvalue weighted by Crippen LogP contribution is 2.14. The van der Waals surface area contributed by atoms with Crippen LogP contribution in [0.1, 0.15) is 12.0 Å². The number of rotatable bonds is 7. The average Bonchev–Trinajstić information content (AvgIpc) is 2.59. The number of carbonyl (C=O) groups is 1. The van der Waals surface area contributed by atoms with Crippen LogP contribution in [0.15, 0.2) is 53.4 Å². The van der Waals surface area contributed by atoms with E-state index in [1.54, 1.807) is 0 Å². The third kappa shape index (κ3) is 5.35. The number of hydrogen-bond donors (Lipinski definition) is 0. The molecule has 0 atom stereocenters. The lowest BCUT2D eigenvalue weighted by atomic mass is 10.2. The molecule has 25 heavy (non-hydrogen) atoms. The highest BCUT2D eigenvalue weighted by atomic mass is 32.2. The van der Waals surface area contributed by atoms with Crippen LogP contribution in [0.4, 0.5) is 10.1 Å². The molecule has 0 N–H and O–H groups in total. The summed E-state index contributed by atoms with van der Waals surface area (Å²) in [6, 6.07) is 9.77. The average molecular weight is 367 g/mol. The summed E-state index contributed by atoms with van der Waals surface area (Å²) in [7, 11) is -3.71. The second kappa shape index (κ2) is 7.84. The highest BCUT2D eigenvalue weighted by molar-refractivity contribution is 7.91. The first-order valence-electron chi connectivity index (χ1n) is 7.15. The number of nitro groups is 1. The molecule has 0 bridgehead atoms. The Hall–Kier alpha value is -2.81. The first kappa shape index (κ1) is 18.5. The van der Waals surface area contributed by atoms with Gasteiger partial charge in [0.25, 0.3) is 5.69 Å². The molecule has 9 heteroatoms. The summed E-state index contributed by atoms with van der Waals surface area (Å²) in [5.41, 5.74) is 0.459. The lowest BCUT2D eigenvalue weighted by molar-refractivity contribution is -0.384. The van der Waals surface area contributed by atoms with Crippen molar-refractivity contribution in [2.75, 3.05) is 5.75 Å². The van der Waals surface area contributed by atoms with Crippen molar-refractivity contribution >= 4 is 21.5 Å². The number of nitro benzene ring substituents is 1. The smallest absolute Gasteiger partial charge is 0.307 e. The van der Waals surface area contributed by atoms with Crippen molar-refractivity contribution in [3.05, 3.63) is 70.0 Å². The fourth-order valence-corrected chi connectivity index (χ4v) is 3.15. The molecule has 0 aliphatic heterocycles. The summed E-state index contributed by atoms with van der Waals surface area (Å²) in [4.78, 5) is 21.6. The predicted molar refractivity (Wildman–Crippen MR) is 86.0 cm³/mol. The van der Waals surface area contributed by atoms with E-state index in [1.165, 1.54) is 24.3 Å². The van der Waals surface area contributed by atoms with Gasteiger partial charge in [0.05, 0.1) is 22.0 Å². The van der Waals surface area contributed by atoms with Crippen LogP contribution < -0.4 is 0 Å². The summed E-state index contributed by atoms with van der Waals surface area (Å²) in [5, 5.41) is 10.5. The molecule has 0 unspecified atom stereocenters. The van der Waals surface area contributed by atoms with Crippen LogP contribution in [-0.2, 0) is 26.0 Å². The molecular weight excluding hydrogens is 353 g/mol. The first-order chi connectivity index (χ1) is 11.8. The molecule has 0 fully saturated rings. The zero-order valence-corrected chi connectivity index (χ0v) is 13.7. The number of benzene rings is 2. The predicted octanol–water partition coefficient (Wildman–Crippen LogP) is 2.64. The van der Waals surface area contributed by atoms with Crippen molar-refractivity contribution in [3.8, 4) is 0 Å². The van der Waals surface area contributed by atoms with E-state index in [9.17, 15) is 27.7 Å². The van der Waals surface area contributed by atoms with Gasteiger partial charge in [0.2, 0.25) is 0 Å². The van der Waals surface area contributed by atoms with Gasteiger partial charge < -0.3 is 4.74 Å². The number of non-ortho nitro benzene ring substituents is 1. The van der Waals surface area contributed by atoms with Crippen LogP contribution in [-0.4, -0.2) is 25.1 Å². The number of sulfone groups is 1. The molecule has 0 aliphatic carbocycles. The van der Waals surface area contributed by atoms with E-state index < -0.39 is 32.3 Å². The molecule has 2 aromatic rings. The maximum Gasteiger partial charge on any atom is 0.307 e. The minimum atomic E-state index is -3.71. The Morgan fingerprint density at radius 3 is 2.24 bits per heavy atom. The SMILES string of the molecule is O=C(CCS(=O)(=O)c1ccc(F)cc1)OCc1ccc([N+](=O)[O-])cc1. The van der Waals surface area contributed by atoms with Gasteiger partial charge in [0.1, 0.15) is 12.4 Å². The van der Waals surface area contributed by atoms with Crippen molar-refractivity contribution in [1.82, 2.24) is 0 Å². The van der Waals surface area contributed by atoms with E-state index in [2.05, 4.69) is 0 Å². The van der Waals surface area contributed by atoms with Gasteiger partial charge in [-0.3, -0.25) is 14.9 Å². The van der Waals surface area contributed by atoms with Crippen LogP contribution in [0.25, 0.3) is 0 Å². The minimum Gasteiger partial charge on any atom is -0.461 e. The topological polar surface area (TPSA) is 104 Å². The summed E-state index contributed by atoms with van der Waals surface area (Å²) in [5.74, 6) is -1.73. The van der Waals surface area contributed by atoms with E-state index in [0.29, 0.717) is 5.56 Å². The molecule has 0 radical (unpaired) electrons. The van der Waals surface area contributed by atoms with Crippen LogP contribution >= 0.6 is 0 Å². The van der Waals surface area contributed by atoms with Gasteiger partial charge in [-0.2, -0.15) is 0 Å². The van der Waals surface area contributed by atoms with Crippen molar-refractivity contribution in [2.45, 2.75) is 17.9 Å². The van der Waals surface area contributed by atoms with E-state index >= 15 is 0 Å². The summed E-state index contributed by atoms with van der Waals surface area (Å²) in [6.07, 6.45) is -0.354. The minimum absolute atomic E-state index is 0.0722. The standard InChI is InChI=1S/C16H14FNO6S/c17-13-3-7-15(8-4-13)25(22,23)10-9-16(19)24-11-12-1-5-14(6-2-12)18(20)21/h1-8H,9-11H2. The summed E-state index contributed by atoms with van der Waals surface area (Å²) >= 11 is 0. The van der Waals surface area contributed by atoms with Gasteiger partial charge >= 0.3 is 5.97 Å². The molecule has 0 spiro atoms. The van der Waals surface area contributed by atoms with Crippen molar-refractivity contribution in [3.63, 3.8) is 0 Å². The van der Waals surface area contributed by atoms with Gasteiger partial charge in [-0.05, 0) is 42.0 Å². The first-order valence-corrected chi connectivity index (χ1v) is 8.80. The second-order valence-corrected chi connectivity index (χ2v) is 7.22. The summed E-state index contributed by atoms with van der Waals surface area (Å²) < 4.78 is 41.8. The number of carbonyl (C=O) groups excluding carboxylic acids is 1. The van der Waals surface area contributed by atoms with E-state index in [-0.39, 0.29) is 23.6 Å². The van der Waals surface area contributed by atoms with E-state index in [1.807, 2.05) is 0 Å². The van der Waals surface area contributed by atoms with Gasteiger partial charge in [0, 0.05) is 12.1 Å². The Bertz CT molecular complexity index is 863. The van der Waals surface area contributed by atoms with Crippen molar-refractivity contribution in [2.24, 2.45) is 0 Å². The molecule has 2 rings (SSSR count). The fourth-order valence-electron chi connectivity index (χ4n) is 1.93. The largest absolute Gasteiger partial charge is 0.461 e. The number of hydrogen-bond acceptors (Lipinski definition) is 6. The number of halogens is 1. The van der Waals surface area contributed by atoms with Crippen LogP contribution in [0, 0.1) is 15.9 Å². The third-order valence-electron chi connectivity index (χ3n) is 3.29. The van der Waals surface area contributed by atoms with Crippen LogP contribution in [0.5, 0.6) is 0 Å².